The summed E-state index contributed by atoms with van der Waals surface area (Å²) in [6, 6.07) is 2.93. The van der Waals surface area contributed by atoms with Crippen molar-refractivity contribution in [3.8, 4) is 0 Å². The minimum absolute atomic E-state index is 0.138. The Morgan fingerprint density at radius 1 is 1.21 bits per heavy atom. The first-order valence-corrected chi connectivity index (χ1v) is 6.10. The number of aliphatic hydroxyl groups is 1. The summed E-state index contributed by atoms with van der Waals surface area (Å²) >= 11 is 0. The lowest BCUT2D eigenvalue weighted by molar-refractivity contribution is -0.137. The second-order valence-electron chi connectivity index (χ2n) is 4.60. The number of benzene rings is 1. The van der Waals surface area contributed by atoms with Gasteiger partial charge in [-0.2, -0.15) is 13.2 Å². The van der Waals surface area contributed by atoms with E-state index in [2.05, 4.69) is 0 Å². The zero-order valence-electron chi connectivity index (χ0n) is 11.1. The first-order valence-electron chi connectivity index (χ1n) is 6.10. The van der Waals surface area contributed by atoms with Crippen molar-refractivity contribution in [3.63, 3.8) is 0 Å². The summed E-state index contributed by atoms with van der Waals surface area (Å²) in [5, 5.41) is 10.1. The van der Waals surface area contributed by atoms with Crippen LogP contribution >= 0.6 is 0 Å². The SMILES string of the molecule is CCC(O)(CC)C(=O)c1ccc(C(F)(F)F)cc1C. The van der Waals surface area contributed by atoms with Crippen LogP contribution in [0.3, 0.4) is 0 Å². The standard InChI is InChI=1S/C14H17F3O2/c1-4-13(19,5-2)12(18)11-7-6-10(8-9(11)3)14(15,16)17/h6-8,19H,4-5H2,1-3H3. The van der Waals surface area contributed by atoms with Crippen LogP contribution in [0.2, 0.25) is 0 Å². The van der Waals surface area contributed by atoms with Gasteiger partial charge in [-0.25, -0.2) is 0 Å². The molecule has 19 heavy (non-hydrogen) atoms. The molecule has 0 aromatic heterocycles. The van der Waals surface area contributed by atoms with E-state index in [9.17, 15) is 23.1 Å². The van der Waals surface area contributed by atoms with Crippen LogP contribution in [0.15, 0.2) is 18.2 Å². The Balaban J connectivity index is 3.21. The number of hydrogen-bond donors (Lipinski definition) is 1. The third-order valence-corrected chi connectivity index (χ3v) is 3.39. The van der Waals surface area contributed by atoms with Gasteiger partial charge < -0.3 is 5.11 Å². The van der Waals surface area contributed by atoms with E-state index in [0.717, 1.165) is 18.2 Å². The topological polar surface area (TPSA) is 37.3 Å². The predicted molar refractivity (Wildman–Crippen MR) is 66.0 cm³/mol. The molecule has 0 heterocycles. The number of Topliss-reactive ketones (excluding diaryl/α,β-unsaturated/α-hetero) is 1. The second kappa shape index (κ2) is 5.33. The highest BCUT2D eigenvalue weighted by molar-refractivity contribution is 6.03. The maximum atomic E-state index is 12.5. The summed E-state index contributed by atoms with van der Waals surface area (Å²) in [6.45, 7) is 4.77. The lowest BCUT2D eigenvalue weighted by atomic mass is 9.86. The number of alkyl halides is 3. The molecule has 5 heteroatoms. The van der Waals surface area contributed by atoms with E-state index < -0.39 is 23.1 Å². The molecule has 1 aromatic rings. The summed E-state index contributed by atoms with van der Waals surface area (Å²) in [6.07, 6.45) is -3.98. The molecule has 0 radical (unpaired) electrons. The highest BCUT2D eigenvalue weighted by Gasteiger charge is 2.35. The van der Waals surface area contributed by atoms with Gasteiger partial charge in [-0.1, -0.05) is 19.9 Å². The molecule has 2 nitrogen and oxygen atoms in total. The zero-order chi connectivity index (χ0) is 14.8. The van der Waals surface area contributed by atoms with Crippen LogP contribution in [0, 0.1) is 6.92 Å². The molecule has 0 atom stereocenters. The Morgan fingerprint density at radius 2 is 1.74 bits per heavy atom. The molecule has 0 aliphatic heterocycles. The highest BCUT2D eigenvalue weighted by atomic mass is 19.4. The molecule has 0 saturated carbocycles. The van der Waals surface area contributed by atoms with Gasteiger partial charge in [0.2, 0.25) is 0 Å². The average Bonchev–Trinajstić information content (AvgIpc) is 2.35. The third-order valence-electron chi connectivity index (χ3n) is 3.39. The molecule has 1 N–H and O–H groups in total. The third kappa shape index (κ3) is 3.15. The lowest BCUT2D eigenvalue weighted by Gasteiger charge is -2.24. The van der Waals surface area contributed by atoms with E-state index in [-0.39, 0.29) is 24.0 Å². The number of carbonyl (C=O) groups is 1. The fourth-order valence-corrected chi connectivity index (χ4v) is 1.92. The van der Waals surface area contributed by atoms with Crippen LogP contribution in [0.1, 0.15) is 48.2 Å². The molecule has 0 spiro atoms. The summed E-state index contributed by atoms with van der Waals surface area (Å²) in [7, 11) is 0. The summed E-state index contributed by atoms with van der Waals surface area (Å²) < 4.78 is 37.6. The van der Waals surface area contributed by atoms with Crippen LogP contribution in [-0.4, -0.2) is 16.5 Å². The van der Waals surface area contributed by atoms with Crippen LogP contribution in [0.4, 0.5) is 13.2 Å². The summed E-state index contributed by atoms with van der Waals surface area (Å²) in [5.41, 5.74) is -1.94. The van der Waals surface area contributed by atoms with Gasteiger partial charge in [0, 0.05) is 5.56 Å². The number of hydrogen-bond acceptors (Lipinski definition) is 2. The van der Waals surface area contributed by atoms with Crippen molar-refractivity contribution in [2.24, 2.45) is 0 Å². The molecular formula is C14H17F3O2. The van der Waals surface area contributed by atoms with Crippen molar-refractivity contribution in [1.82, 2.24) is 0 Å². The first-order chi connectivity index (χ1) is 8.65. The van der Waals surface area contributed by atoms with Gasteiger partial charge in [0.1, 0.15) is 5.60 Å². The molecule has 0 unspecified atom stereocenters. The first kappa shape index (κ1) is 15.7. The monoisotopic (exact) mass is 274 g/mol. The van der Waals surface area contributed by atoms with Crippen molar-refractivity contribution >= 4 is 5.78 Å². The van der Waals surface area contributed by atoms with E-state index >= 15 is 0 Å². The van der Waals surface area contributed by atoms with Gasteiger partial charge in [0.05, 0.1) is 5.56 Å². The average molecular weight is 274 g/mol. The minimum atomic E-state index is -4.43. The fraction of sp³-hybridized carbons (Fsp3) is 0.500. The fourth-order valence-electron chi connectivity index (χ4n) is 1.92. The van der Waals surface area contributed by atoms with Gasteiger partial charge in [-0.05, 0) is 37.5 Å². The molecule has 0 fully saturated rings. The Morgan fingerprint density at radius 3 is 2.11 bits per heavy atom. The van der Waals surface area contributed by atoms with E-state index in [1.807, 2.05) is 0 Å². The molecule has 0 amide bonds. The predicted octanol–water partition coefficient (Wildman–Crippen LogP) is 3.75. The number of rotatable bonds is 4. The van der Waals surface area contributed by atoms with Crippen LogP contribution in [0.25, 0.3) is 0 Å². The number of halogens is 3. The molecule has 0 bridgehead atoms. The smallest absolute Gasteiger partial charge is 0.382 e. The van der Waals surface area contributed by atoms with Gasteiger partial charge in [0.15, 0.2) is 5.78 Å². The largest absolute Gasteiger partial charge is 0.416 e. The van der Waals surface area contributed by atoms with Crippen molar-refractivity contribution < 1.29 is 23.1 Å². The number of ketones is 1. The van der Waals surface area contributed by atoms with E-state index in [4.69, 9.17) is 0 Å². The normalized spacial score (nSPS) is 12.6. The van der Waals surface area contributed by atoms with E-state index in [0.29, 0.717) is 0 Å². The molecule has 0 aliphatic carbocycles. The van der Waals surface area contributed by atoms with Crippen molar-refractivity contribution in [1.29, 1.82) is 0 Å². The summed E-state index contributed by atoms with van der Waals surface area (Å²) in [5.74, 6) is -0.524. The Hall–Kier alpha value is -1.36. The number of carbonyl (C=O) groups excluding carboxylic acids is 1. The Kier molecular flexibility index (Phi) is 4.40. The van der Waals surface area contributed by atoms with Crippen LogP contribution < -0.4 is 0 Å². The lowest BCUT2D eigenvalue weighted by Crippen LogP contribution is -2.37. The molecule has 106 valence electrons. The minimum Gasteiger partial charge on any atom is -0.382 e. The quantitative estimate of drug-likeness (QED) is 0.849. The van der Waals surface area contributed by atoms with Crippen molar-refractivity contribution in [2.75, 3.05) is 0 Å². The molecule has 1 aromatic carbocycles. The van der Waals surface area contributed by atoms with E-state index in [1.165, 1.54) is 6.92 Å². The maximum Gasteiger partial charge on any atom is 0.416 e. The van der Waals surface area contributed by atoms with Crippen molar-refractivity contribution in [2.45, 2.75) is 45.4 Å². The second-order valence-corrected chi connectivity index (χ2v) is 4.60. The van der Waals surface area contributed by atoms with Gasteiger partial charge in [-0.15, -0.1) is 0 Å². The molecular weight excluding hydrogens is 257 g/mol. The van der Waals surface area contributed by atoms with Crippen LogP contribution in [0.5, 0.6) is 0 Å². The van der Waals surface area contributed by atoms with Gasteiger partial charge >= 0.3 is 6.18 Å². The number of aryl methyl sites for hydroxylation is 1. The molecule has 1 rings (SSSR count). The maximum absolute atomic E-state index is 12.5. The van der Waals surface area contributed by atoms with Gasteiger partial charge in [0.25, 0.3) is 0 Å². The zero-order valence-corrected chi connectivity index (χ0v) is 11.1. The Bertz CT molecular complexity index is 474. The highest BCUT2D eigenvalue weighted by Crippen LogP contribution is 2.31. The summed E-state index contributed by atoms with van der Waals surface area (Å²) in [4.78, 5) is 12.2. The van der Waals surface area contributed by atoms with Crippen molar-refractivity contribution in [3.05, 3.63) is 34.9 Å². The molecule has 0 saturated heterocycles. The molecule has 0 aliphatic rings. The van der Waals surface area contributed by atoms with Gasteiger partial charge in [-0.3, -0.25) is 4.79 Å². The Labute approximate surface area is 110 Å². The van der Waals surface area contributed by atoms with E-state index in [1.54, 1.807) is 13.8 Å². The van der Waals surface area contributed by atoms with Crippen LogP contribution in [-0.2, 0) is 6.18 Å².